The first kappa shape index (κ1) is 20.4. The first-order valence-corrected chi connectivity index (χ1v) is 8.82. The predicted molar refractivity (Wildman–Crippen MR) is 115 cm³/mol. The van der Waals surface area contributed by atoms with Gasteiger partial charge in [0, 0.05) is 11.4 Å². The van der Waals surface area contributed by atoms with Crippen LogP contribution in [0.25, 0.3) is 0 Å². The average Bonchev–Trinajstić information content (AvgIpc) is 2.70. The van der Waals surface area contributed by atoms with E-state index in [9.17, 15) is 19.2 Å². The normalized spacial score (nSPS) is 16.2. The standard InChI is InChI=1S/C20H20N6O4/c1-3-20(2)18(29)25-14-8-10(21)4-6-12(14)23-16(27)17(28)24-13-7-5-11(22)9-15(13)26-19(20)30/h3-9H,1,21-22H2,2H3,(H,23,27)(H,24,28)(H,25,29)(H,26,30). The van der Waals surface area contributed by atoms with E-state index in [4.69, 9.17) is 11.5 Å². The molecule has 0 aromatic heterocycles. The molecule has 0 unspecified atom stereocenters. The maximum absolute atomic E-state index is 13.0. The smallest absolute Gasteiger partial charge is 0.314 e. The van der Waals surface area contributed by atoms with Crippen LogP contribution in [0.1, 0.15) is 6.92 Å². The van der Waals surface area contributed by atoms with Gasteiger partial charge in [0.25, 0.3) is 0 Å². The number of nitrogen functional groups attached to an aromatic ring is 2. The number of hydrogen-bond donors (Lipinski definition) is 6. The maximum Gasteiger partial charge on any atom is 0.314 e. The molecule has 1 heterocycles. The molecule has 10 nitrogen and oxygen atoms in total. The van der Waals surface area contributed by atoms with Crippen molar-refractivity contribution in [1.82, 2.24) is 0 Å². The topological polar surface area (TPSA) is 168 Å². The molecular weight excluding hydrogens is 388 g/mol. The van der Waals surface area contributed by atoms with Crippen LogP contribution in [-0.2, 0) is 19.2 Å². The minimum Gasteiger partial charge on any atom is -0.399 e. The zero-order valence-corrected chi connectivity index (χ0v) is 16.0. The number of carbonyl (C=O) groups excluding carboxylic acids is 4. The molecule has 10 heteroatoms. The van der Waals surface area contributed by atoms with E-state index >= 15 is 0 Å². The molecule has 0 radical (unpaired) electrons. The van der Waals surface area contributed by atoms with Gasteiger partial charge in [-0.25, -0.2) is 0 Å². The van der Waals surface area contributed by atoms with Crippen molar-refractivity contribution >= 4 is 57.8 Å². The molecule has 1 aliphatic heterocycles. The minimum atomic E-state index is -1.70. The highest BCUT2D eigenvalue weighted by atomic mass is 16.2. The summed E-state index contributed by atoms with van der Waals surface area (Å²) in [7, 11) is 0. The second kappa shape index (κ2) is 7.59. The number of rotatable bonds is 1. The van der Waals surface area contributed by atoms with Crippen LogP contribution in [0.3, 0.4) is 0 Å². The molecule has 0 spiro atoms. The minimum absolute atomic E-state index is 0.114. The van der Waals surface area contributed by atoms with Gasteiger partial charge < -0.3 is 32.7 Å². The van der Waals surface area contributed by atoms with Gasteiger partial charge in [-0.15, -0.1) is 6.58 Å². The van der Waals surface area contributed by atoms with Gasteiger partial charge in [0.15, 0.2) is 0 Å². The Balaban J connectivity index is 2.15. The molecule has 0 atom stereocenters. The molecular formula is C20H20N6O4. The van der Waals surface area contributed by atoms with E-state index in [2.05, 4.69) is 27.8 Å². The van der Waals surface area contributed by atoms with E-state index < -0.39 is 29.0 Å². The molecule has 0 fully saturated rings. The molecule has 2 aromatic carbocycles. The lowest BCUT2D eigenvalue weighted by Gasteiger charge is -2.25. The first-order valence-electron chi connectivity index (χ1n) is 8.82. The van der Waals surface area contributed by atoms with Crippen LogP contribution in [0, 0.1) is 5.41 Å². The lowest BCUT2D eigenvalue weighted by atomic mass is 9.88. The van der Waals surface area contributed by atoms with Gasteiger partial charge in [0.1, 0.15) is 5.41 Å². The predicted octanol–water partition coefficient (Wildman–Crippen LogP) is 1.51. The fourth-order valence-corrected chi connectivity index (χ4v) is 2.70. The Hall–Kier alpha value is -4.34. The Morgan fingerprint density at radius 3 is 1.50 bits per heavy atom. The molecule has 3 rings (SSSR count). The van der Waals surface area contributed by atoms with Crippen LogP contribution >= 0.6 is 0 Å². The second-order valence-corrected chi connectivity index (χ2v) is 6.83. The van der Waals surface area contributed by atoms with Crippen molar-refractivity contribution in [2.24, 2.45) is 5.41 Å². The number of nitrogens with two attached hydrogens (primary N) is 2. The summed E-state index contributed by atoms with van der Waals surface area (Å²) in [6.07, 6.45) is 1.19. The summed E-state index contributed by atoms with van der Waals surface area (Å²) in [4.78, 5) is 50.7. The summed E-state index contributed by atoms with van der Waals surface area (Å²) in [5, 5.41) is 9.96. The van der Waals surface area contributed by atoms with Crippen molar-refractivity contribution in [1.29, 1.82) is 0 Å². The second-order valence-electron chi connectivity index (χ2n) is 6.83. The van der Waals surface area contributed by atoms with Gasteiger partial charge in [0.05, 0.1) is 22.7 Å². The monoisotopic (exact) mass is 408 g/mol. The summed E-state index contributed by atoms with van der Waals surface area (Å²) in [6, 6.07) is 8.60. The zero-order valence-electron chi connectivity index (χ0n) is 16.0. The quantitative estimate of drug-likeness (QED) is 0.181. The highest BCUT2D eigenvalue weighted by Crippen LogP contribution is 2.31. The van der Waals surface area contributed by atoms with E-state index in [1.54, 1.807) is 0 Å². The Kier molecular flexibility index (Phi) is 5.16. The van der Waals surface area contributed by atoms with Crippen LogP contribution in [0.15, 0.2) is 49.1 Å². The first-order chi connectivity index (χ1) is 14.1. The lowest BCUT2D eigenvalue weighted by Crippen LogP contribution is -2.42. The fourth-order valence-electron chi connectivity index (χ4n) is 2.70. The number of anilines is 6. The van der Waals surface area contributed by atoms with Crippen molar-refractivity contribution in [3.63, 3.8) is 0 Å². The Morgan fingerprint density at radius 2 is 1.13 bits per heavy atom. The molecule has 2 aromatic rings. The van der Waals surface area contributed by atoms with Gasteiger partial charge in [-0.2, -0.15) is 0 Å². The van der Waals surface area contributed by atoms with Crippen molar-refractivity contribution in [3.05, 3.63) is 49.1 Å². The summed E-state index contributed by atoms with van der Waals surface area (Å²) in [5.74, 6) is -3.43. The third-order valence-electron chi connectivity index (χ3n) is 4.64. The van der Waals surface area contributed by atoms with Crippen LogP contribution < -0.4 is 32.7 Å². The SMILES string of the molecule is C=CC1(C)C(=O)Nc2cc(N)ccc2NC(=O)C(=O)Nc2ccc(N)cc2NC1=O. The maximum atomic E-state index is 13.0. The summed E-state index contributed by atoms with van der Waals surface area (Å²) in [5.41, 5.74) is 10.9. The Bertz CT molecular complexity index is 1020. The summed E-state index contributed by atoms with van der Waals surface area (Å²) < 4.78 is 0. The van der Waals surface area contributed by atoms with Crippen LogP contribution in [0.2, 0.25) is 0 Å². The highest BCUT2D eigenvalue weighted by molar-refractivity contribution is 6.44. The number of carbonyl (C=O) groups is 4. The lowest BCUT2D eigenvalue weighted by molar-refractivity contribution is -0.133. The van der Waals surface area contributed by atoms with E-state index in [1.807, 2.05) is 0 Å². The van der Waals surface area contributed by atoms with Gasteiger partial charge in [-0.3, -0.25) is 19.2 Å². The van der Waals surface area contributed by atoms with Gasteiger partial charge in [0.2, 0.25) is 11.8 Å². The molecule has 0 bridgehead atoms. The van der Waals surface area contributed by atoms with Gasteiger partial charge in [-0.1, -0.05) is 6.08 Å². The van der Waals surface area contributed by atoms with E-state index in [0.717, 1.165) is 0 Å². The van der Waals surface area contributed by atoms with Gasteiger partial charge >= 0.3 is 11.8 Å². The molecule has 0 saturated carbocycles. The molecule has 0 saturated heterocycles. The number of benzene rings is 2. The third-order valence-corrected chi connectivity index (χ3v) is 4.64. The van der Waals surface area contributed by atoms with E-state index in [0.29, 0.717) is 11.4 Å². The molecule has 30 heavy (non-hydrogen) atoms. The molecule has 0 aliphatic carbocycles. The van der Waals surface area contributed by atoms with Crippen molar-refractivity contribution in [3.8, 4) is 0 Å². The van der Waals surface area contributed by atoms with Crippen molar-refractivity contribution in [2.45, 2.75) is 6.92 Å². The molecule has 154 valence electrons. The van der Waals surface area contributed by atoms with Crippen molar-refractivity contribution in [2.75, 3.05) is 32.7 Å². The third kappa shape index (κ3) is 3.78. The van der Waals surface area contributed by atoms with Crippen LogP contribution in [-0.4, -0.2) is 23.6 Å². The van der Waals surface area contributed by atoms with Crippen molar-refractivity contribution < 1.29 is 19.2 Å². The zero-order chi connectivity index (χ0) is 22.1. The number of fused-ring (bicyclic) bond motifs is 2. The average molecular weight is 408 g/mol. The Labute approximate surface area is 171 Å². The van der Waals surface area contributed by atoms with Crippen LogP contribution in [0.5, 0.6) is 0 Å². The summed E-state index contributed by atoms with van der Waals surface area (Å²) in [6.45, 7) is 4.98. The van der Waals surface area contributed by atoms with E-state index in [1.165, 1.54) is 49.4 Å². The molecule has 1 aliphatic rings. The molecule has 4 amide bonds. The van der Waals surface area contributed by atoms with Crippen LogP contribution in [0.4, 0.5) is 34.1 Å². The van der Waals surface area contributed by atoms with E-state index in [-0.39, 0.29) is 22.7 Å². The van der Waals surface area contributed by atoms with Gasteiger partial charge in [-0.05, 0) is 43.3 Å². The number of hydrogen-bond acceptors (Lipinski definition) is 6. The highest BCUT2D eigenvalue weighted by Gasteiger charge is 2.39. The number of nitrogens with one attached hydrogen (secondary N) is 4. The number of amides is 4. The fraction of sp³-hybridized carbons (Fsp3) is 0.100. The summed E-state index contributed by atoms with van der Waals surface area (Å²) >= 11 is 0. The Morgan fingerprint density at radius 1 is 0.733 bits per heavy atom. The molecule has 8 N–H and O–H groups in total. The largest absolute Gasteiger partial charge is 0.399 e.